The Bertz CT molecular complexity index is 178. The lowest BCUT2D eigenvalue weighted by molar-refractivity contribution is 0.174. The fourth-order valence-corrected chi connectivity index (χ4v) is 1.90. The van der Waals surface area contributed by atoms with Gasteiger partial charge in [-0.1, -0.05) is 6.42 Å². The molecule has 1 fully saturated rings. The van der Waals surface area contributed by atoms with Gasteiger partial charge in [0, 0.05) is 19.6 Å². The summed E-state index contributed by atoms with van der Waals surface area (Å²) in [5.41, 5.74) is 0. The van der Waals surface area contributed by atoms with Gasteiger partial charge in [-0.05, 0) is 45.1 Å². The SMILES string of the molecule is CNC(=S)NCC(C)N1CCCCC1. The molecule has 0 aliphatic carbocycles. The van der Waals surface area contributed by atoms with E-state index < -0.39 is 0 Å². The summed E-state index contributed by atoms with van der Waals surface area (Å²) < 4.78 is 0. The Morgan fingerprint density at radius 1 is 1.36 bits per heavy atom. The minimum atomic E-state index is 0.585. The zero-order chi connectivity index (χ0) is 10.4. The second-order valence-corrected chi connectivity index (χ2v) is 4.31. The van der Waals surface area contributed by atoms with E-state index in [2.05, 4.69) is 22.5 Å². The second-order valence-electron chi connectivity index (χ2n) is 3.91. The van der Waals surface area contributed by atoms with Crippen molar-refractivity contribution in [2.45, 2.75) is 32.2 Å². The number of hydrogen-bond donors (Lipinski definition) is 2. The van der Waals surface area contributed by atoms with Crippen LogP contribution in [0, 0.1) is 0 Å². The highest BCUT2D eigenvalue weighted by Gasteiger charge is 2.16. The Hall–Kier alpha value is -0.350. The Morgan fingerprint density at radius 3 is 2.57 bits per heavy atom. The van der Waals surface area contributed by atoms with Crippen LogP contribution in [0.3, 0.4) is 0 Å². The summed E-state index contributed by atoms with van der Waals surface area (Å²) in [6.07, 6.45) is 4.09. The van der Waals surface area contributed by atoms with Crippen LogP contribution in [0.25, 0.3) is 0 Å². The molecule has 0 aromatic rings. The zero-order valence-electron chi connectivity index (χ0n) is 9.18. The third kappa shape index (κ3) is 3.80. The van der Waals surface area contributed by atoms with Crippen molar-refractivity contribution in [1.29, 1.82) is 0 Å². The Morgan fingerprint density at radius 2 is 2.00 bits per heavy atom. The zero-order valence-corrected chi connectivity index (χ0v) is 9.99. The van der Waals surface area contributed by atoms with Gasteiger partial charge in [-0.3, -0.25) is 4.90 Å². The van der Waals surface area contributed by atoms with Crippen LogP contribution in [-0.4, -0.2) is 42.7 Å². The van der Waals surface area contributed by atoms with Crippen molar-refractivity contribution in [3.63, 3.8) is 0 Å². The fourth-order valence-electron chi connectivity index (χ4n) is 1.82. The van der Waals surface area contributed by atoms with Crippen LogP contribution in [0.2, 0.25) is 0 Å². The molecule has 1 atom stereocenters. The molecule has 0 radical (unpaired) electrons. The van der Waals surface area contributed by atoms with Gasteiger partial charge in [-0.25, -0.2) is 0 Å². The minimum Gasteiger partial charge on any atom is -0.366 e. The van der Waals surface area contributed by atoms with E-state index in [1.807, 2.05) is 7.05 Å². The Labute approximate surface area is 92.2 Å². The van der Waals surface area contributed by atoms with Crippen molar-refractivity contribution in [2.75, 3.05) is 26.7 Å². The Kier molecular flexibility index (Phi) is 5.19. The molecular weight excluding hydrogens is 194 g/mol. The highest BCUT2D eigenvalue weighted by atomic mass is 32.1. The van der Waals surface area contributed by atoms with E-state index in [1.54, 1.807) is 0 Å². The second kappa shape index (κ2) is 6.19. The molecule has 0 saturated carbocycles. The third-order valence-corrected chi connectivity index (χ3v) is 3.15. The van der Waals surface area contributed by atoms with Gasteiger partial charge in [0.2, 0.25) is 0 Å². The predicted molar refractivity (Wildman–Crippen MR) is 64.5 cm³/mol. The molecule has 2 N–H and O–H groups in total. The van der Waals surface area contributed by atoms with Crippen LogP contribution in [0.1, 0.15) is 26.2 Å². The van der Waals surface area contributed by atoms with Gasteiger partial charge in [-0.15, -0.1) is 0 Å². The van der Waals surface area contributed by atoms with Crippen LogP contribution < -0.4 is 10.6 Å². The molecule has 1 rings (SSSR count). The van der Waals surface area contributed by atoms with E-state index >= 15 is 0 Å². The summed E-state index contributed by atoms with van der Waals surface area (Å²) in [5.74, 6) is 0. The van der Waals surface area contributed by atoms with E-state index in [4.69, 9.17) is 12.2 Å². The maximum Gasteiger partial charge on any atom is 0.166 e. The standard InChI is InChI=1S/C10H21N3S/c1-9(8-12-10(14)11-2)13-6-4-3-5-7-13/h9H,3-8H2,1-2H3,(H2,11,12,14). The average Bonchev–Trinajstić information content (AvgIpc) is 2.26. The quantitative estimate of drug-likeness (QED) is 0.686. The van der Waals surface area contributed by atoms with E-state index in [0.717, 1.165) is 11.7 Å². The molecule has 0 bridgehead atoms. The topological polar surface area (TPSA) is 27.3 Å². The van der Waals surface area contributed by atoms with Gasteiger partial charge in [0.05, 0.1) is 0 Å². The van der Waals surface area contributed by atoms with Crippen molar-refractivity contribution in [3.05, 3.63) is 0 Å². The molecular formula is C10H21N3S. The molecule has 1 saturated heterocycles. The smallest absolute Gasteiger partial charge is 0.166 e. The lowest BCUT2D eigenvalue weighted by Crippen LogP contribution is -2.46. The summed E-state index contributed by atoms with van der Waals surface area (Å²) in [6, 6.07) is 0.585. The lowest BCUT2D eigenvalue weighted by Gasteiger charge is -2.32. The van der Waals surface area contributed by atoms with Gasteiger partial charge >= 0.3 is 0 Å². The number of rotatable bonds is 3. The summed E-state index contributed by atoms with van der Waals surface area (Å²) >= 11 is 5.03. The van der Waals surface area contributed by atoms with Gasteiger partial charge in [0.1, 0.15) is 0 Å². The normalized spacial score (nSPS) is 20.1. The average molecular weight is 215 g/mol. The number of thiocarbonyl (C=S) groups is 1. The molecule has 1 heterocycles. The molecule has 14 heavy (non-hydrogen) atoms. The molecule has 3 nitrogen and oxygen atoms in total. The first kappa shape index (κ1) is 11.7. The first-order valence-corrected chi connectivity index (χ1v) is 5.84. The van der Waals surface area contributed by atoms with Crippen molar-refractivity contribution < 1.29 is 0 Å². The summed E-state index contributed by atoms with van der Waals surface area (Å²) in [4.78, 5) is 2.54. The number of piperidine rings is 1. The predicted octanol–water partition coefficient (Wildman–Crippen LogP) is 0.955. The summed E-state index contributed by atoms with van der Waals surface area (Å²) in [7, 11) is 1.85. The molecule has 0 amide bonds. The minimum absolute atomic E-state index is 0.585. The fraction of sp³-hybridized carbons (Fsp3) is 0.900. The molecule has 4 heteroatoms. The molecule has 1 unspecified atom stereocenters. The summed E-state index contributed by atoms with van der Waals surface area (Å²) in [5, 5.41) is 6.88. The van der Waals surface area contributed by atoms with Crippen molar-refractivity contribution in [1.82, 2.24) is 15.5 Å². The number of likely N-dealkylation sites (tertiary alicyclic amines) is 1. The summed E-state index contributed by atoms with van der Waals surface area (Å²) in [6.45, 7) is 5.70. The van der Waals surface area contributed by atoms with E-state index in [0.29, 0.717) is 6.04 Å². The molecule has 0 aromatic heterocycles. The van der Waals surface area contributed by atoms with Gasteiger partial charge in [0.25, 0.3) is 0 Å². The van der Waals surface area contributed by atoms with Gasteiger partial charge < -0.3 is 10.6 Å². The van der Waals surface area contributed by atoms with E-state index in [1.165, 1.54) is 32.4 Å². The monoisotopic (exact) mass is 215 g/mol. The molecule has 0 aromatic carbocycles. The van der Waals surface area contributed by atoms with Gasteiger partial charge in [0.15, 0.2) is 5.11 Å². The first-order chi connectivity index (χ1) is 6.74. The maximum absolute atomic E-state index is 5.03. The highest BCUT2D eigenvalue weighted by Crippen LogP contribution is 2.11. The maximum atomic E-state index is 5.03. The van der Waals surface area contributed by atoms with Gasteiger partial charge in [-0.2, -0.15) is 0 Å². The molecule has 82 valence electrons. The number of hydrogen-bond acceptors (Lipinski definition) is 2. The van der Waals surface area contributed by atoms with Crippen LogP contribution in [-0.2, 0) is 0 Å². The highest BCUT2D eigenvalue weighted by molar-refractivity contribution is 7.80. The Balaban J connectivity index is 2.19. The lowest BCUT2D eigenvalue weighted by atomic mass is 10.1. The number of nitrogens with one attached hydrogen (secondary N) is 2. The van der Waals surface area contributed by atoms with E-state index in [-0.39, 0.29) is 0 Å². The van der Waals surface area contributed by atoms with Crippen molar-refractivity contribution >= 4 is 17.3 Å². The van der Waals surface area contributed by atoms with Crippen molar-refractivity contribution in [3.8, 4) is 0 Å². The van der Waals surface area contributed by atoms with E-state index in [9.17, 15) is 0 Å². The molecule has 0 spiro atoms. The van der Waals surface area contributed by atoms with Crippen LogP contribution in [0.15, 0.2) is 0 Å². The number of nitrogens with zero attached hydrogens (tertiary/aromatic N) is 1. The van der Waals surface area contributed by atoms with Crippen LogP contribution in [0.5, 0.6) is 0 Å². The van der Waals surface area contributed by atoms with Crippen molar-refractivity contribution in [2.24, 2.45) is 0 Å². The molecule has 1 aliphatic rings. The molecule has 1 aliphatic heterocycles. The van der Waals surface area contributed by atoms with Crippen LogP contribution in [0.4, 0.5) is 0 Å². The third-order valence-electron chi connectivity index (χ3n) is 2.80. The van der Waals surface area contributed by atoms with Crippen LogP contribution >= 0.6 is 12.2 Å². The largest absolute Gasteiger partial charge is 0.366 e. The first-order valence-electron chi connectivity index (χ1n) is 5.43.